The van der Waals surface area contributed by atoms with Gasteiger partial charge in [0.15, 0.2) is 0 Å². The zero-order chi connectivity index (χ0) is 14.5. The van der Waals surface area contributed by atoms with Gasteiger partial charge in [-0.05, 0) is 42.2 Å². The van der Waals surface area contributed by atoms with Crippen LogP contribution in [0, 0.1) is 0 Å². The molecule has 0 saturated heterocycles. The molecule has 0 fully saturated rings. The summed E-state index contributed by atoms with van der Waals surface area (Å²) in [5.41, 5.74) is 5.57. The molecule has 1 N–H and O–H groups in total. The molecule has 0 saturated carbocycles. The van der Waals surface area contributed by atoms with Crippen LogP contribution in [0.3, 0.4) is 0 Å². The number of likely N-dealkylation sites (N-methyl/N-ethyl adjacent to an activating group) is 1. The summed E-state index contributed by atoms with van der Waals surface area (Å²) in [5.74, 6) is 0. The van der Waals surface area contributed by atoms with E-state index in [4.69, 9.17) is 0 Å². The second-order valence-electron chi connectivity index (χ2n) is 5.43. The minimum Gasteiger partial charge on any atom is -0.310 e. The van der Waals surface area contributed by atoms with Crippen LogP contribution in [0.15, 0.2) is 78.4 Å². The Morgan fingerprint density at radius 1 is 0.810 bits per heavy atom. The van der Waals surface area contributed by atoms with Crippen molar-refractivity contribution >= 4 is 5.57 Å². The topological polar surface area (TPSA) is 12.0 Å². The molecule has 0 amide bonds. The van der Waals surface area contributed by atoms with Crippen LogP contribution in [0.1, 0.15) is 30.0 Å². The van der Waals surface area contributed by atoms with Crippen molar-refractivity contribution in [2.75, 3.05) is 7.05 Å². The molecule has 0 aromatic heterocycles. The molecule has 1 nitrogen and oxygen atoms in total. The van der Waals surface area contributed by atoms with Crippen molar-refractivity contribution in [2.24, 2.45) is 0 Å². The molecule has 1 heteroatoms. The van der Waals surface area contributed by atoms with Gasteiger partial charge in [-0.3, -0.25) is 0 Å². The third-order valence-corrected chi connectivity index (χ3v) is 4.12. The lowest BCUT2D eigenvalue weighted by Gasteiger charge is -2.23. The average molecular weight is 275 g/mol. The van der Waals surface area contributed by atoms with Gasteiger partial charge in [-0.25, -0.2) is 0 Å². The largest absolute Gasteiger partial charge is 0.310 e. The van der Waals surface area contributed by atoms with E-state index in [1.54, 1.807) is 0 Å². The van der Waals surface area contributed by atoms with Gasteiger partial charge in [-0.15, -0.1) is 0 Å². The number of allylic oxidation sites excluding steroid dienone is 3. The van der Waals surface area contributed by atoms with Crippen LogP contribution in [-0.2, 0) is 0 Å². The summed E-state index contributed by atoms with van der Waals surface area (Å²) < 4.78 is 0. The number of benzene rings is 2. The highest BCUT2D eigenvalue weighted by Gasteiger charge is 2.17. The lowest BCUT2D eigenvalue weighted by atomic mass is 9.87. The molecule has 0 heterocycles. The molecule has 21 heavy (non-hydrogen) atoms. The molecule has 0 aliphatic heterocycles. The van der Waals surface area contributed by atoms with E-state index < -0.39 is 0 Å². The minimum absolute atomic E-state index is 0.319. The molecule has 1 atom stereocenters. The van der Waals surface area contributed by atoms with E-state index in [1.165, 1.54) is 22.3 Å². The summed E-state index contributed by atoms with van der Waals surface area (Å²) in [5, 5.41) is 3.45. The SMILES string of the molecule is CNC(C1=CC=C(c2ccccc2)CC1)c1ccccc1. The van der Waals surface area contributed by atoms with E-state index in [9.17, 15) is 0 Å². The maximum atomic E-state index is 3.45. The van der Waals surface area contributed by atoms with Crippen molar-refractivity contribution in [1.82, 2.24) is 5.32 Å². The van der Waals surface area contributed by atoms with Crippen molar-refractivity contribution in [2.45, 2.75) is 18.9 Å². The Kier molecular flexibility index (Phi) is 4.32. The summed E-state index contributed by atoms with van der Waals surface area (Å²) >= 11 is 0. The molecule has 1 aliphatic rings. The van der Waals surface area contributed by atoms with Crippen LogP contribution in [0.5, 0.6) is 0 Å². The molecule has 3 rings (SSSR count). The standard InChI is InChI=1S/C20H21N/c1-21-20(18-10-6-3-7-11-18)19-14-12-17(13-15-19)16-8-4-2-5-9-16/h2-12,14,20-21H,13,15H2,1H3. The first-order chi connectivity index (χ1) is 10.4. The zero-order valence-corrected chi connectivity index (χ0v) is 12.4. The van der Waals surface area contributed by atoms with Gasteiger partial charge in [-0.2, -0.15) is 0 Å². The Labute approximate surface area is 127 Å². The molecular weight excluding hydrogens is 254 g/mol. The highest BCUT2D eigenvalue weighted by molar-refractivity contribution is 5.68. The Bertz CT molecular complexity index is 638. The minimum atomic E-state index is 0.319. The monoisotopic (exact) mass is 275 g/mol. The molecule has 106 valence electrons. The maximum Gasteiger partial charge on any atom is 0.0536 e. The van der Waals surface area contributed by atoms with E-state index in [2.05, 4.69) is 78.1 Å². The summed E-state index contributed by atoms with van der Waals surface area (Å²) in [7, 11) is 2.04. The zero-order valence-electron chi connectivity index (χ0n) is 12.4. The van der Waals surface area contributed by atoms with Crippen molar-refractivity contribution in [1.29, 1.82) is 0 Å². The van der Waals surface area contributed by atoms with Crippen molar-refractivity contribution in [3.63, 3.8) is 0 Å². The van der Waals surface area contributed by atoms with Gasteiger partial charge in [0.1, 0.15) is 0 Å². The molecule has 0 radical (unpaired) electrons. The fraction of sp³-hybridized carbons (Fsp3) is 0.200. The fourth-order valence-electron chi connectivity index (χ4n) is 3.00. The number of hydrogen-bond donors (Lipinski definition) is 1. The first kappa shape index (κ1) is 13.8. The average Bonchev–Trinajstić information content (AvgIpc) is 2.58. The van der Waals surface area contributed by atoms with Gasteiger partial charge in [0.25, 0.3) is 0 Å². The second kappa shape index (κ2) is 6.55. The quantitative estimate of drug-likeness (QED) is 0.849. The van der Waals surface area contributed by atoms with Crippen LogP contribution in [-0.4, -0.2) is 7.05 Å². The molecule has 0 bridgehead atoms. The van der Waals surface area contributed by atoms with Crippen molar-refractivity contribution in [3.8, 4) is 0 Å². The lowest BCUT2D eigenvalue weighted by Crippen LogP contribution is -2.19. The highest BCUT2D eigenvalue weighted by atomic mass is 14.9. The number of hydrogen-bond acceptors (Lipinski definition) is 1. The Morgan fingerprint density at radius 2 is 1.48 bits per heavy atom. The summed E-state index contributed by atoms with van der Waals surface area (Å²) in [4.78, 5) is 0. The van der Waals surface area contributed by atoms with Crippen molar-refractivity contribution < 1.29 is 0 Å². The smallest absolute Gasteiger partial charge is 0.0536 e. The van der Waals surface area contributed by atoms with Crippen LogP contribution in [0.4, 0.5) is 0 Å². The van der Waals surface area contributed by atoms with Crippen LogP contribution < -0.4 is 5.32 Å². The molecule has 2 aromatic carbocycles. The Hall–Kier alpha value is -2.12. The fourth-order valence-corrected chi connectivity index (χ4v) is 3.00. The van der Waals surface area contributed by atoms with E-state index in [-0.39, 0.29) is 0 Å². The van der Waals surface area contributed by atoms with E-state index >= 15 is 0 Å². The van der Waals surface area contributed by atoms with E-state index in [1.807, 2.05) is 7.05 Å². The van der Waals surface area contributed by atoms with Crippen LogP contribution in [0.25, 0.3) is 5.57 Å². The van der Waals surface area contributed by atoms with Gasteiger partial charge >= 0.3 is 0 Å². The molecule has 2 aromatic rings. The summed E-state index contributed by atoms with van der Waals surface area (Å²) in [6.07, 6.45) is 6.80. The van der Waals surface area contributed by atoms with Gasteiger partial charge in [0.05, 0.1) is 6.04 Å². The first-order valence-corrected chi connectivity index (χ1v) is 7.56. The number of nitrogens with one attached hydrogen (secondary N) is 1. The van der Waals surface area contributed by atoms with Crippen LogP contribution >= 0.6 is 0 Å². The van der Waals surface area contributed by atoms with Crippen LogP contribution in [0.2, 0.25) is 0 Å². The third kappa shape index (κ3) is 3.14. The lowest BCUT2D eigenvalue weighted by molar-refractivity contribution is 0.647. The second-order valence-corrected chi connectivity index (χ2v) is 5.43. The maximum absolute atomic E-state index is 3.45. The predicted molar refractivity (Wildman–Crippen MR) is 90.0 cm³/mol. The first-order valence-electron chi connectivity index (χ1n) is 7.56. The summed E-state index contributed by atoms with van der Waals surface area (Å²) in [6, 6.07) is 21.7. The molecule has 0 spiro atoms. The Morgan fingerprint density at radius 3 is 2.05 bits per heavy atom. The van der Waals surface area contributed by atoms with Gasteiger partial charge < -0.3 is 5.32 Å². The highest BCUT2D eigenvalue weighted by Crippen LogP contribution is 2.32. The van der Waals surface area contributed by atoms with Crippen molar-refractivity contribution in [3.05, 3.63) is 89.5 Å². The van der Waals surface area contributed by atoms with E-state index in [0.29, 0.717) is 6.04 Å². The normalized spacial score (nSPS) is 16.0. The van der Waals surface area contributed by atoms with Gasteiger partial charge in [-0.1, -0.05) is 72.8 Å². The van der Waals surface area contributed by atoms with Gasteiger partial charge in [0, 0.05) is 0 Å². The third-order valence-electron chi connectivity index (χ3n) is 4.12. The molecular formula is C20H21N. The van der Waals surface area contributed by atoms with Gasteiger partial charge in [0.2, 0.25) is 0 Å². The number of rotatable bonds is 4. The summed E-state index contributed by atoms with van der Waals surface area (Å²) in [6.45, 7) is 0. The Balaban J connectivity index is 1.84. The van der Waals surface area contributed by atoms with E-state index in [0.717, 1.165) is 12.8 Å². The predicted octanol–water partition coefficient (Wildman–Crippen LogP) is 4.75. The molecule has 1 unspecified atom stereocenters. The molecule has 1 aliphatic carbocycles.